The lowest BCUT2D eigenvalue weighted by Crippen LogP contribution is -1.88. The molecular formula is C18H18O3. The van der Waals surface area contributed by atoms with E-state index in [-0.39, 0.29) is 0 Å². The first-order valence-electron chi connectivity index (χ1n) is 6.83. The molecule has 0 unspecified atom stereocenters. The van der Waals surface area contributed by atoms with Gasteiger partial charge in [0.1, 0.15) is 11.5 Å². The summed E-state index contributed by atoms with van der Waals surface area (Å²) in [5, 5.41) is 8.57. The second-order valence-corrected chi connectivity index (χ2v) is 5.07. The van der Waals surface area contributed by atoms with Crippen molar-refractivity contribution in [1.29, 1.82) is 0 Å². The summed E-state index contributed by atoms with van der Waals surface area (Å²) in [5.74, 6) is 1.05. The number of hydrogen-bond donors (Lipinski definition) is 1. The van der Waals surface area contributed by atoms with Crippen molar-refractivity contribution in [1.82, 2.24) is 0 Å². The summed E-state index contributed by atoms with van der Waals surface area (Å²) < 4.78 is 5.75. The topological polar surface area (TPSA) is 46.5 Å². The van der Waals surface area contributed by atoms with E-state index in [1.807, 2.05) is 36.4 Å². The van der Waals surface area contributed by atoms with Gasteiger partial charge in [-0.05, 0) is 47.4 Å². The van der Waals surface area contributed by atoms with Crippen molar-refractivity contribution in [3.05, 3.63) is 65.7 Å². The SMILES string of the molecule is CC(C)c1ccc(Oc2ccc(/C=C/C(=O)O)cc2)cc1. The molecule has 2 aromatic carbocycles. The molecule has 0 aromatic heterocycles. The molecule has 0 amide bonds. The zero-order valence-electron chi connectivity index (χ0n) is 12.1. The third-order valence-corrected chi connectivity index (χ3v) is 3.08. The molecule has 0 heterocycles. The van der Waals surface area contributed by atoms with Gasteiger partial charge in [0, 0.05) is 6.08 Å². The molecule has 0 bridgehead atoms. The number of carboxylic acids is 1. The zero-order valence-corrected chi connectivity index (χ0v) is 12.1. The van der Waals surface area contributed by atoms with E-state index in [2.05, 4.69) is 26.0 Å². The fourth-order valence-electron chi connectivity index (χ4n) is 1.87. The lowest BCUT2D eigenvalue weighted by molar-refractivity contribution is -0.131. The third-order valence-electron chi connectivity index (χ3n) is 3.08. The van der Waals surface area contributed by atoms with Crippen LogP contribution in [0, 0.1) is 0 Å². The minimum atomic E-state index is -0.958. The second kappa shape index (κ2) is 6.75. The van der Waals surface area contributed by atoms with Crippen LogP contribution in [0.25, 0.3) is 6.08 Å². The van der Waals surface area contributed by atoms with Gasteiger partial charge in [0.2, 0.25) is 0 Å². The number of aliphatic carboxylic acids is 1. The van der Waals surface area contributed by atoms with E-state index in [9.17, 15) is 4.79 Å². The molecule has 2 rings (SSSR count). The quantitative estimate of drug-likeness (QED) is 0.808. The predicted molar refractivity (Wildman–Crippen MR) is 83.7 cm³/mol. The Hall–Kier alpha value is -2.55. The Labute approximate surface area is 124 Å². The molecule has 21 heavy (non-hydrogen) atoms. The smallest absolute Gasteiger partial charge is 0.328 e. The van der Waals surface area contributed by atoms with E-state index in [1.54, 1.807) is 6.08 Å². The maximum atomic E-state index is 10.4. The van der Waals surface area contributed by atoms with Crippen molar-refractivity contribution in [2.45, 2.75) is 19.8 Å². The molecule has 0 aliphatic heterocycles. The Morgan fingerprint density at radius 2 is 1.52 bits per heavy atom. The van der Waals surface area contributed by atoms with Gasteiger partial charge in [-0.2, -0.15) is 0 Å². The molecule has 0 spiro atoms. The average Bonchev–Trinajstić information content (AvgIpc) is 2.47. The van der Waals surface area contributed by atoms with Crippen molar-refractivity contribution in [3.63, 3.8) is 0 Å². The van der Waals surface area contributed by atoms with Gasteiger partial charge < -0.3 is 9.84 Å². The van der Waals surface area contributed by atoms with Gasteiger partial charge in [-0.15, -0.1) is 0 Å². The Balaban J connectivity index is 2.04. The molecule has 3 nitrogen and oxygen atoms in total. The van der Waals surface area contributed by atoms with E-state index >= 15 is 0 Å². The number of ether oxygens (including phenoxy) is 1. The van der Waals surface area contributed by atoms with Crippen LogP contribution in [-0.2, 0) is 4.79 Å². The molecule has 0 radical (unpaired) electrons. The molecule has 0 fully saturated rings. The Morgan fingerprint density at radius 1 is 1.00 bits per heavy atom. The predicted octanol–water partition coefficient (Wildman–Crippen LogP) is 4.70. The van der Waals surface area contributed by atoms with Crippen LogP contribution in [0.15, 0.2) is 54.6 Å². The highest BCUT2D eigenvalue weighted by Crippen LogP contribution is 2.24. The van der Waals surface area contributed by atoms with Crippen LogP contribution in [0.1, 0.15) is 30.9 Å². The standard InChI is InChI=1S/C18H18O3/c1-13(2)15-6-10-17(11-7-15)21-16-8-3-14(4-9-16)5-12-18(19)20/h3-13H,1-2H3,(H,19,20)/b12-5+. The number of carboxylic acid groups (broad SMARTS) is 1. The Morgan fingerprint density at radius 3 is 2.00 bits per heavy atom. The first-order valence-corrected chi connectivity index (χ1v) is 6.83. The number of hydrogen-bond acceptors (Lipinski definition) is 2. The van der Waals surface area contributed by atoms with Crippen LogP contribution in [0.3, 0.4) is 0 Å². The third kappa shape index (κ3) is 4.49. The van der Waals surface area contributed by atoms with Gasteiger partial charge in [0.15, 0.2) is 0 Å². The van der Waals surface area contributed by atoms with E-state index in [1.165, 1.54) is 5.56 Å². The zero-order chi connectivity index (χ0) is 15.2. The molecule has 0 atom stereocenters. The molecule has 0 saturated heterocycles. The van der Waals surface area contributed by atoms with Crippen molar-refractivity contribution in [2.24, 2.45) is 0 Å². The monoisotopic (exact) mass is 282 g/mol. The van der Waals surface area contributed by atoms with Crippen molar-refractivity contribution in [3.8, 4) is 11.5 Å². The molecule has 1 N–H and O–H groups in total. The number of benzene rings is 2. The molecule has 108 valence electrons. The minimum Gasteiger partial charge on any atom is -0.478 e. The first kappa shape index (κ1) is 14.9. The Kier molecular flexibility index (Phi) is 4.77. The molecule has 2 aromatic rings. The molecule has 0 saturated carbocycles. The minimum absolute atomic E-state index is 0.499. The van der Waals surface area contributed by atoms with Crippen LogP contribution in [0.2, 0.25) is 0 Å². The van der Waals surface area contributed by atoms with Crippen LogP contribution < -0.4 is 4.74 Å². The van der Waals surface area contributed by atoms with Crippen molar-refractivity contribution >= 4 is 12.0 Å². The summed E-state index contributed by atoms with van der Waals surface area (Å²) in [5.41, 5.74) is 2.09. The lowest BCUT2D eigenvalue weighted by Gasteiger charge is -2.08. The van der Waals surface area contributed by atoms with Crippen LogP contribution in [-0.4, -0.2) is 11.1 Å². The lowest BCUT2D eigenvalue weighted by atomic mass is 10.0. The normalized spacial score (nSPS) is 11.0. The molecule has 0 aliphatic carbocycles. The highest BCUT2D eigenvalue weighted by molar-refractivity contribution is 5.85. The highest BCUT2D eigenvalue weighted by Gasteiger charge is 2.01. The fraction of sp³-hybridized carbons (Fsp3) is 0.167. The maximum absolute atomic E-state index is 10.4. The summed E-state index contributed by atoms with van der Waals surface area (Å²) in [6.07, 6.45) is 2.66. The van der Waals surface area contributed by atoms with E-state index in [4.69, 9.17) is 9.84 Å². The largest absolute Gasteiger partial charge is 0.478 e. The second-order valence-electron chi connectivity index (χ2n) is 5.07. The van der Waals surface area contributed by atoms with Crippen LogP contribution in [0.5, 0.6) is 11.5 Å². The van der Waals surface area contributed by atoms with Gasteiger partial charge in [0.25, 0.3) is 0 Å². The van der Waals surface area contributed by atoms with Gasteiger partial charge >= 0.3 is 5.97 Å². The number of rotatable bonds is 5. The van der Waals surface area contributed by atoms with Crippen molar-refractivity contribution < 1.29 is 14.6 Å². The summed E-state index contributed by atoms with van der Waals surface area (Å²) in [6.45, 7) is 4.30. The van der Waals surface area contributed by atoms with Gasteiger partial charge in [0.05, 0.1) is 0 Å². The van der Waals surface area contributed by atoms with Crippen molar-refractivity contribution in [2.75, 3.05) is 0 Å². The Bertz CT molecular complexity index is 623. The maximum Gasteiger partial charge on any atom is 0.328 e. The summed E-state index contributed by atoms with van der Waals surface area (Å²) >= 11 is 0. The number of carbonyl (C=O) groups is 1. The van der Waals surface area contributed by atoms with Crippen LogP contribution >= 0.6 is 0 Å². The van der Waals surface area contributed by atoms with E-state index < -0.39 is 5.97 Å². The molecular weight excluding hydrogens is 264 g/mol. The van der Waals surface area contributed by atoms with E-state index in [0.29, 0.717) is 5.92 Å². The summed E-state index contributed by atoms with van der Waals surface area (Å²) in [6, 6.07) is 15.3. The van der Waals surface area contributed by atoms with Gasteiger partial charge in [-0.25, -0.2) is 4.79 Å². The molecule has 0 aliphatic rings. The fourth-order valence-corrected chi connectivity index (χ4v) is 1.87. The van der Waals surface area contributed by atoms with Gasteiger partial charge in [-0.1, -0.05) is 38.1 Å². The highest BCUT2D eigenvalue weighted by atomic mass is 16.5. The summed E-state index contributed by atoms with van der Waals surface area (Å²) in [4.78, 5) is 10.4. The summed E-state index contributed by atoms with van der Waals surface area (Å²) in [7, 11) is 0. The molecule has 3 heteroatoms. The van der Waals surface area contributed by atoms with Gasteiger partial charge in [-0.3, -0.25) is 0 Å². The van der Waals surface area contributed by atoms with Crippen LogP contribution in [0.4, 0.5) is 0 Å². The average molecular weight is 282 g/mol. The van der Waals surface area contributed by atoms with E-state index in [0.717, 1.165) is 23.1 Å². The first-order chi connectivity index (χ1) is 10.0.